The number of nitrogens with one attached hydrogen (secondary N) is 1. The molecule has 0 aliphatic carbocycles. The van der Waals surface area contributed by atoms with E-state index in [0.717, 1.165) is 12.8 Å². The summed E-state index contributed by atoms with van der Waals surface area (Å²) in [5, 5.41) is 3.42. The van der Waals surface area contributed by atoms with E-state index in [9.17, 15) is 0 Å². The molecule has 1 heteroatoms. The van der Waals surface area contributed by atoms with Crippen LogP contribution in [0.25, 0.3) is 0 Å². The summed E-state index contributed by atoms with van der Waals surface area (Å²) in [6.45, 7) is 2.20. The molecule has 1 atom stereocenters. The molecule has 0 bridgehead atoms. The van der Waals surface area contributed by atoms with E-state index in [1.807, 2.05) is 7.05 Å². The van der Waals surface area contributed by atoms with Crippen molar-refractivity contribution in [1.29, 1.82) is 0 Å². The first-order valence-electron chi connectivity index (χ1n) is 6.63. The van der Waals surface area contributed by atoms with Crippen LogP contribution in [0.2, 0.25) is 0 Å². The average Bonchev–Trinajstić information content (AvgIpc) is 2.46. The van der Waals surface area contributed by atoms with Crippen LogP contribution in [0.15, 0.2) is 54.6 Å². The summed E-state index contributed by atoms with van der Waals surface area (Å²) in [6.07, 6.45) is 2.13. The zero-order chi connectivity index (χ0) is 12.8. The molecule has 0 fully saturated rings. The quantitative estimate of drug-likeness (QED) is 0.838. The van der Waals surface area contributed by atoms with Crippen LogP contribution in [0, 0.1) is 0 Å². The van der Waals surface area contributed by atoms with Gasteiger partial charge in [0.05, 0.1) is 0 Å². The first kappa shape index (κ1) is 12.8. The summed E-state index contributed by atoms with van der Waals surface area (Å²) in [4.78, 5) is 0. The van der Waals surface area contributed by atoms with Gasteiger partial charge in [-0.1, -0.05) is 61.5 Å². The number of likely N-dealkylation sites (N-methyl/N-ethyl adjacent to an activating group) is 1. The highest BCUT2D eigenvalue weighted by molar-refractivity contribution is 5.28. The molecule has 94 valence electrons. The van der Waals surface area contributed by atoms with Gasteiger partial charge in [0.25, 0.3) is 0 Å². The molecule has 1 N–H and O–H groups in total. The molecular weight excluding hydrogens is 218 g/mol. The Balaban J connectivity index is 2.17. The van der Waals surface area contributed by atoms with E-state index in [4.69, 9.17) is 0 Å². The van der Waals surface area contributed by atoms with E-state index >= 15 is 0 Å². The van der Waals surface area contributed by atoms with Gasteiger partial charge in [0.2, 0.25) is 0 Å². The van der Waals surface area contributed by atoms with E-state index in [0.29, 0.717) is 6.04 Å². The molecule has 0 radical (unpaired) electrons. The maximum atomic E-state index is 3.42. The van der Waals surface area contributed by atoms with Gasteiger partial charge in [-0.05, 0) is 36.6 Å². The first-order valence-corrected chi connectivity index (χ1v) is 6.63. The lowest BCUT2D eigenvalue weighted by molar-refractivity contribution is 0.591. The van der Waals surface area contributed by atoms with E-state index in [-0.39, 0.29) is 0 Å². The second kappa shape index (κ2) is 6.36. The highest BCUT2D eigenvalue weighted by Crippen LogP contribution is 2.19. The van der Waals surface area contributed by atoms with Crippen LogP contribution in [0.3, 0.4) is 0 Å². The van der Waals surface area contributed by atoms with Gasteiger partial charge in [-0.15, -0.1) is 0 Å². The largest absolute Gasteiger partial charge is 0.313 e. The van der Waals surface area contributed by atoms with Gasteiger partial charge in [0.15, 0.2) is 0 Å². The maximum absolute atomic E-state index is 3.42. The minimum absolute atomic E-state index is 0.388. The van der Waals surface area contributed by atoms with Crippen molar-refractivity contribution in [2.24, 2.45) is 0 Å². The van der Waals surface area contributed by atoms with Gasteiger partial charge >= 0.3 is 0 Å². The zero-order valence-electron chi connectivity index (χ0n) is 11.2. The molecule has 0 amide bonds. The van der Waals surface area contributed by atoms with Crippen molar-refractivity contribution in [3.63, 3.8) is 0 Å². The molecule has 2 aromatic rings. The minimum Gasteiger partial charge on any atom is -0.313 e. The van der Waals surface area contributed by atoms with E-state index in [1.54, 1.807) is 0 Å². The molecule has 0 aliphatic rings. The Morgan fingerprint density at radius 2 is 1.67 bits per heavy atom. The summed E-state index contributed by atoms with van der Waals surface area (Å²) in [6, 6.07) is 19.9. The monoisotopic (exact) mass is 239 g/mol. The van der Waals surface area contributed by atoms with E-state index in [1.165, 1.54) is 16.7 Å². The lowest BCUT2D eigenvalue weighted by Crippen LogP contribution is -2.18. The highest BCUT2D eigenvalue weighted by atomic mass is 14.9. The molecule has 0 saturated carbocycles. The van der Waals surface area contributed by atoms with Crippen molar-refractivity contribution in [2.75, 3.05) is 7.05 Å². The fourth-order valence-corrected chi connectivity index (χ4v) is 2.27. The summed E-state index contributed by atoms with van der Waals surface area (Å²) in [5.74, 6) is 0. The van der Waals surface area contributed by atoms with Crippen molar-refractivity contribution >= 4 is 0 Å². The Kier molecular flexibility index (Phi) is 4.54. The van der Waals surface area contributed by atoms with Crippen LogP contribution in [-0.4, -0.2) is 7.05 Å². The average molecular weight is 239 g/mol. The predicted octanol–water partition coefficient (Wildman–Crippen LogP) is 3.75. The van der Waals surface area contributed by atoms with E-state index < -0.39 is 0 Å². The molecule has 0 aliphatic heterocycles. The third-order valence-electron chi connectivity index (χ3n) is 3.39. The SMILES string of the molecule is CCc1cccc(C(Cc2ccccc2)NC)c1. The molecule has 2 aromatic carbocycles. The van der Waals surface area contributed by atoms with Crippen molar-refractivity contribution in [3.05, 3.63) is 71.3 Å². The van der Waals surface area contributed by atoms with Crippen molar-refractivity contribution in [2.45, 2.75) is 25.8 Å². The smallest absolute Gasteiger partial charge is 0.0358 e. The van der Waals surface area contributed by atoms with E-state index in [2.05, 4.69) is 66.8 Å². The summed E-state index contributed by atoms with van der Waals surface area (Å²) >= 11 is 0. The Morgan fingerprint density at radius 1 is 0.944 bits per heavy atom. The van der Waals surface area contributed by atoms with Crippen LogP contribution in [0.1, 0.15) is 29.7 Å². The fourth-order valence-electron chi connectivity index (χ4n) is 2.27. The number of hydrogen-bond acceptors (Lipinski definition) is 1. The Bertz CT molecular complexity index is 476. The summed E-state index contributed by atoms with van der Waals surface area (Å²) in [7, 11) is 2.03. The van der Waals surface area contributed by atoms with Gasteiger partial charge in [0.1, 0.15) is 0 Å². The second-order valence-corrected chi connectivity index (χ2v) is 4.63. The van der Waals surface area contributed by atoms with Gasteiger partial charge in [-0.25, -0.2) is 0 Å². The lowest BCUT2D eigenvalue weighted by Gasteiger charge is -2.17. The topological polar surface area (TPSA) is 12.0 Å². The van der Waals surface area contributed by atoms with Crippen LogP contribution < -0.4 is 5.32 Å². The zero-order valence-corrected chi connectivity index (χ0v) is 11.2. The molecule has 0 heterocycles. The minimum atomic E-state index is 0.388. The third kappa shape index (κ3) is 3.21. The Hall–Kier alpha value is -1.60. The van der Waals surface area contributed by atoms with Crippen molar-refractivity contribution in [1.82, 2.24) is 5.32 Å². The summed E-state index contributed by atoms with van der Waals surface area (Å²) in [5.41, 5.74) is 4.15. The maximum Gasteiger partial charge on any atom is 0.0358 e. The lowest BCUT2D eigenvalue weighted by atomic mass is 9.97. The summed E-state index contributed by atoms with van der Waals surface area (Å²) < 4.78 is 0. The van der Waals surface area contributed by atoms with Crippen LogP contribution in [0.4, 0.5) is 0 Å². The van der Waals surface area contributed by atoms with Gasteiger partial charge in [-0.2, -0.15) is 0 Å². The van der Waals surface area contributed by atoms with Crippen LogP contribution in [-0.2, 0) is 12.8 Å². The molecule has 1 unspecified atom stereocenters. The molecule has 2 rings (SSSR count). The predicted molar refractivity (Wildman–Crippen MR) is 77.8 cm³/mol. The fraction of sp³-hybridized carbons (Fsp3) is 0.294. The van der Waals surface area contributed by atoms with Gasteiger partial charge < -0.3 is 5.32 Å². The van der Waals surface area contributed by atoms with Crippen molar-refractivity contribution < 1.29 is 0 Å². The first-order chi connectivity index (χ1) is 8.83. The molecule has 0 aromatic heterocycles. The van der Waals surface area contributed by atoms with Gasteiger partial charge in [0, 0.05) is 6.04 Å². The number of benzene rings is 2. The van der Waals surface area contributed by atoms with Crippen LogP contribution in [0.5, 0.6) is 0 Å². The molecule has 0 saturated heterocycles. The number of aryl methyl sites for hydroxylation is 1. The molecule has 1 nitrogen and oxygen atoms in total. The molecular formula is C17H21N. The third-order valence-corrected chi connectivity index (χ3v) is 3.39. The number of hydrogen-bond donors (Lipinski definition) is 1. The number of rotatable bonds is 5. The standard InChI is InChI=1S/C17H21N/c1-3-14-10-7-11-16(12-14)17(18-2)13-15-8-5-4-6-9-15/h4-12,17-18H,3,13H2,1-2H3. The molecule has 18 heavy (non-hydrogen) atoms. The van der Waals surface area contributed by atoms with Crippen LogP contribution >= 0.6 is 0 Å². The normalized spacial score (nSPS) is 12.3. The van der Waals surface area contributed by atoms with Gasteiger partial charge in [-0.3, -0.25) is 0 Å². The Labute approximate surface area is 110 Å². The highest BCUT2D eigenvalue weighted by Gasteiger charge is 2.10. The second-order valence-electron chi connectivity index (χ2n) is 4.63. The Morgan fingerprint density at radius 3 is 2.33 bits per heavy atom. The van der Waals surface area contributed by atoms with Crippen molar-refractivity contribution in [3.8, 4) is 0 Å². The molecule has 0 spiro atoms.